The van der Waals surface area contributed by atoms with Crippen LogP contribution in [0.2, 0.25) is 15.2 Å². The Morgan fingerprint density at radius 2 is 1.79 bits per heavy atom. The zero-order chi connectivity index (χ0) is 14.2. The largest absolute Gasteiger partial charge is 0.334 e. The molecule has 0 aliphatic carbocycles. The summed E-state index contributed by atoms with van der Waals surface area (Å²) in [7, 11) is 0. The van der Waals surface area contributed by atoms with Crippen molar-refractivity contribution < 1.29 is 8.78 Å². The summed E-state index contributed by atoms with van der Waals surface area (Å²) < 4.78 is 27.4. The number of benzene rings is 1. The third-order valence-electron chi connectivity index (χ3n) is 2.41. The molecule has 19 heavy (non-hydrogen) atoms. The SMILES string of the molecule is Cc1ccc(F)c(Nc2nc(Cl)c(Cl)cc2Cl)c1F. The van der Waals surface area contributed by atoms with Crippen LogP contribution in [0.25, 0.3) is 0 Å². The molecule has 0 aliphatic heterocycles. The van der Waals surface area contributed by atoms with Gasteiger partial charge >= 0.3 is 0 Å². The zero-order valence-electron chi connectivity index (χ0n) is 9.57. The Morgan fingerprint density at radius 1 is 1.11 bits per heavy atom. The minimum atomic E-state index is -0.757. The van der Waals surface area contributed by atoms with Crippen LogP contribution < -0.4 is 5.32 Å². The van der Waals surface area contributed by atoms with Gasteiger partial charge in [-0.1, -0.05) is 40.9 Å². The fourth-order valence-electron chi connectivity index (χ4n) is 1.42. The van der Waals surface area contributed by atoms with Crippen LogP contribution in [0, 0.1) is 18.6 Å². The van der Waals surface area contributed by atoms with Gasteiger partial charge in [0.25, 0.3) is 0 Å². The number of hydrogen-bond donors (Lipinski definition) is 1. The molecule has 0 saturated heterocycles. The van der Waals surface area contributed by atoms with E-state index in [9.17, 15) is 8.78 Å². The third kappa shape index (κ3) is 2.91. The van der Waals surface area contributed by atoms with Gasteiger partial charge in [-0.2, -0.15) is 0 Å². The molecule has 0 fully saturated rings. The van der Waals surface area contributed by atoms with E-state index in [2.05, 4.69) is 10.3 Å². The minimum Gasteiger partial charge on any atom is -0.334 e. The Hall–Kier alpha value is -1.10. The van der Waals surface area contributed by atoms with Gasteiger partial charge in [0, 0.05) is 0 Å². The van der Waals surface area contributed by atoms with Crippen LogP contribution >= 0.6 is 34.8 Å². The lowest BCUT2D eigenvalue weighted by atomic mass is 10.2. The van der Waals surface area contributed by atoms with Crippen molar-refractivity contribution in [1.29, 1.82) is 0 Å². The monoisotopic (exact) mass is 322 g/mol. The molecule has 0 radical (unpaired) electrons. The topological polar surface area (TPSA) is 24.9 Å². The Bertz CT molecular complexity index is 647. The number of nitrogens with one attached hydrogen (secondary N) is 1. The van der Waals surface area contributed by atoms with Crippen molar-refractivity contribution in [3.63, 3.8) is 0 Å². The van der Waals surface area contributed by atoms with E-state index in [0.29, 0.717) is 5.56 Å². The number of halogens is 5. The highest BCUT2D eigenvalue weighted by Crippen LogP contribution is 2.32. The first-order valence-electron chi connectivity index (χ1n) is 5.13. The van der Waals surface area contributed by atoms with E-state index in [1.807, 2.05) is 0 Å². The Balaban J connectivity index is 2.48. The lowest BCUT2D eigenvalue weighted by Crippen LogP contribution is -2.02. The van der Waals surface area contributed by atoms with Crippen LogP contribution in [0.1, 0.15) is 5.56 Å². The molecule has 2 rings (SSSR count). The van der Waals surface area contributed by atoms with Gasteiger partial charge in [-0.05, 0) is 24.6 Å². The Morgan fingerprint density at radius 3 is 2.47 bits per heavy atom. The molecule has 100 valence electrons. The van der Waals surface area contributed by atoms with E-state index >= 15 is 0 Å². The van der Waals surface area contributed by atoms with Gasteiger partial charge in [0.2, 0.25) is 0 Å². The van der Waals surface area contributed by atoms with E-state index in [0.717, 1.165) is 6.07 Å². The van der Waals surface area contributed by atoms with Crippen molar-refractivity contribution in [2.24, 2.45) is 0 Å². The lowest BCUT2D eigenvalue weighted by molar-refractivity contribution is 0.585. The van der Waals surface area contributed by atoms with Crippen LogP contribution in [0.5, 0.6) is 0 Å². The number of aromatic nitrogens is 1. The summed E-state index contributed by atoms with van der Waals surface area (Å²) in [6.45, 7) is 1.52. The smallest absolute Gasteiger partial charge is 0.152 e. The highest BCUT2D eigenvalue weighted by atomic mass is 35.5. The minimum absolute atomic E-state index is 0.0120. The van der Waals surface area contributed by atoms with Crippen LogP contribution in [0.3, 0.4) is 0 Å². The van der Waals surface area contributed by atoms with Gasteiger partial charge in [-0.25, -0.2) is 13.8 Å². The van der Waals surface area contributed by atoms with Crippen molar-refractivity contribution in [2.75, 3.05) is 5.32 Å². The average Bonchev–Trinajstić information content (AvgIpc) is 2.36. The third-order valence-corrected chi connectivity index (χ3v) is 3.38. The van der Waals surface area contributed by atoms with Crippen LogP contribution in [0.4, 0.5) is 20.3 Å². The zero-order valence-corrected chi connectivity index (χ0v) is 11.8. The Kier molecular flexibility index (Phi) is 4.13. The summed E-state index contributed by atoms with van der Waals surface area (Å²) >= 11 is 17.3. The van der Waals surface area contributed by atoms with E-state index in [1.54, 1.807) is 0 Å². The van der Waals surface area contributed by atoms with Crippen molar-refractivity contribution in [1.82, 2.24) is 4.98 Å². The summed E-state index contributed by atoms with van der Waals surface area (Å²) in [5.74, 6) is -1.45. The molecular weight excluding hydrogens is 317 g/mol. The molecule has 2 nitrogen and oxygen atoms in total. The molecule has 1 aromatic heterocycles. The van der Waals surface area contributed by atoms with Crippen LogP contribution in [0.15, 0.2) is 18.2 Å². The van der Waals surface area contributed by atoms with Crippen LogP contribution in [-0.4, -0.2) is 4.98 Å². The van der Waals surface area contributed by atoms with Gasteiger partial charge in [0.05, 0.1) is 10.0 Å². The summed E-state index contributed by atoms with van der Waals surface area (Å²) in [6, 6.07) is 3.82. The molecule has 0 saturated carbocycles. The quantitative estimate of drug-likeness (QED) is 0.751. The Labute approximate surface area is 123 Å². The van der Waals surface area contributed by atoms with E-state index in [-0.39, 0.29) is 26.7 Å². The number of rotatable bonds is 2. The summed E-state index contributed by atoms with van der Waals surface area (Å²) in [5.41, 5.74) is -0.0483. The number of aryl methyl sites for hydroxylation is 1. The molecule has 2 aromatic rings. The van der Waals surface area contributed by atoms with Crippen molar-refractivity contribution >= 4 is 46.3 Å². The van der Waals surface area contributed by atoms with Gasteiger partial charge in [-0.3, -0.25) is 0 Å². The number of nitrogens with zero attached hydrogens (tertiary/aromatic N) is 1. The lowest BCUT2D eigenvalue weighted by Gasteiger charge is -2.11. The van der Waals surface area contributed by atoms with Crippen LogP contribution in [-0.2, 0) is 0 Å². The summed E-state index contributed by atoms with van der Waals surface area (Å²) in [6.07, 6.45) is 0. The molecule has 0 amide bonds. The molecule has 7 heteroatoms. The highest BCUT2D eigenvalue weighted by Gasteiger charge is 2.15. The van der Waals surface area contributed by atoms with Gasteiger partial charge in [-0.15, -0.1) is 0 Å². The molecule has 0 atom stereocenters. The second kappa shape index (κ2) is 5.49. The fourth-order valence-corrected chi connectivity index (χ4v) is 1.97. The number of hydrogen-bond acceptors (Lipinski definition) is 2. The molecule has 0 unspecified atom stereocenters. The predicted molar refractivity (Wildman–Crippen MR) is 73.6 cm³/mol. The predicted octanol–water partition coefficient (Wildman–Crippen LogP) is 5.37. The normalized spacial score (nSPS) is 10.6. The number of anilines is 2. The first kappa shape index (κ1) is 14.3. The van der Waals surface area contributed by atoms with Gasteiger partial charge in [0.15, 0.2) is 11.6 Å². The van der Waals surface area contributed by atoms with Crippen molar-refractivity contribution in [3.8, 4) is 0 Å². The van der Waals surface area contributed by atoms with E-state index < -0.39 is 11.6 Å². The summed E-state index contributed by atoms with van der Waals surface area (Å²) in [4.78, 5) is 3.84. The second-order valence-corrected chi connectivity index (χ2v) is 4.94. The van der Waals surface area contributed by atoms with E-state index in [4.69, 9.17) is 34.8 Å². The average molecular weight is 324 g/mol. The molecule has 1 N–H and O–H groups in total. The highest BCUT2D eigenvalue weighted by molar-refractivity contribution is 6.43. The van der Waals surface area contributed by atoms with Crippen molar-refractivity contribution in [3.05, 3.63) is 50.6 Å². The number of pyridine rings is 1. The van der Waals surface area contributed by atoms with Gasteiger partial charge in [0.1, 0.15) is 16.7 Å². The standard InChI is InChI=1S/C12H7Cl3F2N2/c1-5-2-3-8(16)10(9(5)17)18-12-7(14)4-6(13)11(15)19-12/h2-4H,1H3,(H,18,19). The molecule has 1 aromatic carbocycles. The molecule has 0 spiro atoms. The van der Waals surface area contributed by atoms with E-state index in [1.165, 1.54) is 19.1 Å². The van der Waals surface area contributed by atoms with Crippen molar-refractivity contribution in [2.45, 2.75) is 6.92 Å². The first-order chi connectivity index (χ1) is 8.90. The maximum absolute atomic E-state index is 13.8. The molecular formula is C12H7Cl3F2N2. The molecule has 0 aliphatic rings. The molecule has 1 heterocycles. The molecule has 0 bridgehead atoms. The first-order valence-corrected chi connectivity index (χ1v) is 6.26. The maximum atomic E-state index is 13.8. The maximum Gasteiger partial charge on any atom is 0.152 e. The summed E-state index contributed by atoms with van der Waals surface area (Å²) in [5, 5.41) is 2.73. The second-order valence-electron chi connectivity index (χ2n) is 3.77. The van der Waals surface area contributed by atoms with Gasteiger partial charge < -0.3 is 5.32 Å². The fraction of sp³-hybridized carbons (Fsp3) is 0.0833.